The van der Waals surface area contributed by atoms with Crippen LogP contribution >= 0.6 is 11.6 Å². The first-order valence-electron chi connectivity index (χ1n) is 8.74. The Bertz CT molecular complexity index is 749. The van der Waals surface area contributed by atoms with E-state index in [9.17, 15) is 4.79 Å². The van der Waals surface area contributed by atoms with Gasteiger partial charge in [-0.15, -0.1) is 0 Å². The fraction of sp³-hybridized carbons (Fsp3) is 0.474. The number of aryl methyl sites for hydroxylation is 1. The average Bonchev–Trinajstić information content (AvgIpc) is 2.99. The highest BCUT2D eigenvalue weighted by Gasteiger charge is 2.30. The van der Waals surface area contributed by atoms with Crippen LogP contribution in [0, 0.1) is 6.92 Å². The predicted octanol–water partition coefficient (Wildman–Crippen LogP) is 4.65. The zero-order valence-electron chi connectivity index (χ0n) is 14.9. The molecular formula is C19H24ClN3O2. The second-order valence-corrected chi connectivity index (χ2v) is 7.25. The van der Waals surface area contributed by atoms with Crippen molar-refractivity contribution in [2.24, 2.45) is 0 Å². The van der Waals surface area contributed by atoms with Gasteiger partial charge in [0.25, 0.3) is 5.91 Å². The highest BCUT2D eigenvalue weighted by molar-refractivity contribution is 6.31. The summed E-state index contributed by atoms with van der Waals surface area (Å²) in [5.41, 5.74) is 2.17. The summed E-state index contributed by atoms with van der Waals surface area (Å²) in [5.74, 6) is 0.793. The molecule has 1 amide bonds. The van der Waals surface area contributed by atoms with Crippen LogP contribution in [0.2, 0.25) is 5.02 Å². The van der Waals surface area contributed by atoms with Crippen molar-refractivity contribution < 1.29 is 9.32 Å². The van der Waals surface area contributed by atoms with Crippen molar-refractivity contribution in [2.45, 2.75) is 58.7 Å². The number of nitrogens with one attached hydrogen (secondary N) is 1. The van der Waals surface area contributed by atoms with E-state index in [0.717, 1.165) is 36.4 Å². The summed E-state index contributed by atoms with van der Waals surface area (Å²) in [6.07, 6.45) is 3.24. The summed E-state index contributed by atoms with van der Waals surface area (Å²) in [4.78, 5) is 15.2. The topological polar surface area (TPSA) is 58.4 Å². The lowest BCUT2D eigenvalue weighted by atomic mass is 9.96. The highest BCUT2D eigenvalue weighted by Crippen LogP contribution is 2.29. The van der Waals surface area contributed by atoms with Crippen LogP contribution in [0.15, 0.2) is 28.8 Å². The number of hydrogen-bond donors (Lipinski definition) is 1. The number of carbonyl (C=O) groups excluding carboxylic acids is 1. The number of benzene rings is 1. The number of hydrogen-bond acceptors (Lipinski definition) is 4. The van der Waals surface area contributed by atoms with Crippen molar-refractivity contribution in [3.05, 3.63) is 46.3 Å². The molecular weight excluding hydrogens is 338 g/mol. The number of anilines is 1. The maximum absolute atomic E-state index is 13.2. The van der Waals surface area contributed by atoms with Crippen molar-refractivity contribution in [3.8, 4) is 0 Å². The molecule has 0 bridgehead atoms. The van der Waals surface area contributed by atoms with Crippen molar-refractivity contribution in [3.63, 3.8) is 0 Å². The molecule has 6 heteroatoms. The second kappa shape index (κ2) is 7.48. The van der Waals surface area contributed by atoms with Crippen LogP contribution in [-0.4, -0.2) is 28.0 Å². The lowest BCUT2D eigenvalue weighted by molar-refractivity contribution is 0.0512. The van der Waals surface area contributed by atoms with Gasteiger partial charge < -0.3 is 14.7 Å². The van der Waals surface area contributed by atoms with Gasteiger partial charge in [0, 0.05) is 28.9 Å². The zero-order chi connectivity index (χ0) is 18.0. The van der Waals surface area contributed by atoms with E-state index in [0.29, 0.717) is 17.1 Å². The van der Waals surface area contributed by atoms with Crippen LogP contribution in [0.4, 0.5) is 5.69 Å². The lowest BCUT2D eigenvalue weighted by Gasteiger charge is -2.39. The van der Waals surface area contributed by atoms with Crippen LogP contribution in [0.3, 0.4) is 0 Å². The summed E-state index contributed by atoms with van der Waals surface area (Å²) in [5, 5.41) is 7.83. The fourth-order valence-corrected chi connectivity index (χ4v) is 3.67. The highest BCUT2D eigenvalue weighted by atomic mass is 35.5. The molecule has 134 valence electrons. The Morgan fingerprint density at radius 1 is 1.32 bits per heavy atom. The number of rotatable bonds is 4. The molecule has 2 heterocycles. The van der Waals surface area contributed by atoms with E-state index in [-0.39, 0.29) is 18.0 Å². The molecule has 1 saturated heterocycles. The maximum Gasteiger partial charge on any atom is 0.256 e. The Kier molecular flexibility index (Phi) is 5.33. The molecule has 0 spiro atoms. The molecule has 1 N–H and O–H groups in total. The minimum atomic E-state index is 0.0287. The van der Waals surface area contributed by atoms with Gasteiger partial charge in [0.15, 0.2) is 0 Å². The van der Waals surface area contributed by atoms with Gasteiger partial charge in [0.05, 0.1) is 12.1 Å². The molecule has 1 fully saturated rings. The lowest BCUT2D eigenvalue weighted by Crippen LogP contribution is -2.47. The minimum absolute atomic E-state index is 0.0287. The molecule has 5 nitrogen and oxygen atoms in total. The van der Waals surface area contributed by atoms with Crippen molar-refractivity contribution in [2.75, 3.05) is 5.32 Å². The molecule has 0 unspecified atom stereocenters. The van der Waals surface area contributed by atoms with E-state index < -0.39 is 0 Å². The molecule has 3 rings (SSSR count). The molecule has 2 atom stereocenters. The van der Waals surface area contributed by atoms with E-state index in [1.807, 2.05) is 24.0 Å². The smallest absolute Gasteiger partial charge is 0.256 e. The van der Waals surface area contributed by atoms with Gasteiger partial charge in [-0.2, -0.15) is 0 Å². The quantitative estimate of drug-likeness (QED) is 0.861. The molecule has 1 aliphatic rings. The molecule has 0 aliphatic carbocycles. The van der Waals surface area contributed by atoms with Gasteiger partial charge in [-0.05, 0) is 58.2 Å². The third-order valence-corrected chi connectivity index (χ3v) is 5.01. The summed E-state index contributed by atoms with van der Waals surface area (Å²) in [6, 6.07) is 7.73. The zero-order valence-corrected chi connectivity index (χ0v) is 15.6. The van der Waals surface area contributed by atoms with Gasteiger partial charge in [0.1, 0.15) is 11.5 Å². The number of piperidine rings is 1. The number of halogens is 1. The normalized spacial score (nSPS) is 20.6. The Labute approximate surface area is 153 Å². The van der Waals surface area contributed by atoms with Crippen LogP contribution in [0.25, 0.3) is 0 Å². The van der Waals surface area contributed by atoms with Gasteiger partial charge in [0.2, 0.25) is 0 Å². The number of amides is 1. The van der Waals surface area contributed by atoms with E-state index in [2.05, 4.69) is 24.3 Å². The standard InChI is InChI=1S/C19H24ClN3O2/c1-12-5-4-6-13(2)23(12)19(24)17-10-15(20)7-8-18(17)21-11-16-9-14(3)25-22-16/h7-10,12-13,21H,4-6,11H2,1-3H3/t12-,13+. The predicted molar refractivity (Wildman–Crippen MR) is 99.0 cm³/mol. The molecule has 1 aromatic heterocycles. The van der Waals surface area contributed by atoms with Gasteiger partial charge in [-0.1, -0.05) is 16.8 Å². The Morgan fingerprint density at radius 3 is 2.68 bits per heavy atom. The first kappa shape index (κ1) is 17.8. The second-order valence-electron chi connectivity index (χ2n) is 6.81. The van der Waals surface area contributed by atoms with E-state index >= 15 is 0 Å². The van der Waals surface area contributed by atoms with Gasteiger partial charge >= 0.3 is 0 Å². The Hall–Kier alpha value is -2.01. The third-order valence-electron chi connectivity index (χ3n) is 4.78. The van der Waals surface area contributed by atoms with E-state index in [1.54, 1.807) is 12.1 Å². The summed E-state index contributed by atoms with van der Waals surface area (Å²) >= 11 is 6.17. The first-order valence-corrected chi connectivity index (χ1v) is 9.12. The maximum atomic E-state index is 13.2. The molecule has 25 heavy (non-hydrogen) atoms. The minimum Gasteiger partial charge on any atom is -0.379 e. The molecule has 0 radical (unpaired) electrons. The summed E-state index contributed by atoms with van der Waals surface area (Å²) in [6.45, 7) is 6.57. The fourth-order valence-electron chi connectivity index (χ4n) is 3.50. The average molecular weight is 362 g/mol. The number of aromatic nitrogens is 1. The summed E-state index contributed by atoms with van der Waals surface area (Å²) < 4.78 is 5.09. The molecule has 1 aromatic carbocycles. The number of carbonyl (C=O) groups is 1. The van der Waals surface area contributed by atoms with E-state index in [1.165, 1.54) is 0 Å². The number of nitrogens with zero attached hydrogens (tertiary/aromatic N) is 2. The Morgan fingerprint density at radius 2 is 2.04 bits per heavy atom. The van der Waals surface area contributed by atoms with Crippen molar-refractivity contribution in [1.29, 1.82) is 0 Å². The monoisotopic (exact) mass is 361 g/mol. The van der Waals surface area contributed by atoms with Crippen molar-refractivity contribution >= 4 is 23.2 Å². The SMILES string of the molecule is Cc1cc(CNc2ccc(Cl)cc2C(=O)N2[C@H](C)CCC[C@@H]2C)no1. The molecule has 2 aromatic rings. The third kappa shape index (κ3) is 3.98. The van der Waals surface area contributed by atoms with E-state index in [4.69, 9.17) is 16.1 Å². The van der Waals surface area contributed by atoms with Crippen LogP contribution in [0.5, 0.6) is 0 Å². The van der Waals surface area contributed by atoms with Crippen LogP contribution in [-0.2, 0) is 6.54 Å². The van der Waals surface area contributed by atoms with Crippen LogP contribution in [0.1, 0.15) is 54.9 Å². The Balaban J connectivity index is 1.84. The van der Waals surface area contributed by atoms with Gasteiger partial charge in [-0.25, -0.2) is 0 Å². The number of likely N-dealkylation sites (tertiary alicyclic amines) is 1. The largest absolute Gasteiger partial charge is 0.379 e. The first-order chi connectivity index (χ1) is 12.0. The molecule has 1 aliphatic heterocycles. The van der Waals surface area contributed by atoms with Gasteiger partial charge in [-0.3, -0.25) is 4.79 Å². The van der Waals surface area contributed by atoms with Crippen LogP contribution < -0.4 is 5.32 Å². The summed E-state index contributed by atoms with van der Waals surface area (Å²) in [7, 11) is 0. The molecule has 0 saturated carbocycles. The van der Waals surface area contributed by atoms with Crippen molar-refractivity contribution in [1.82, 2.24) is 10.1 Å².